The summed E-state index contributed by atoms with van der Waals surface area (Å²) >= 11 is 0. The summed E-state index contributed by atoms with van der Waals surface area (Å²) in [7, 11) is 1.62. The highest BCUT2D eigenvalue weighted by atomic mass is 16.5. The number of fused-ring (bicyclic) bond motifs is 1. The number of methoxy groups -OCH3 is 1. The van der Waals surface area contributed by atoms with E-state index in [-0.39, 0.29) is 12.5 Å². The number of esters is 1. The van der Waals surface area contributed by atoms with E-state index in [0.717, 1.165) is 42.2 Å². The fraction of sp³-hybridized carbons (Fsp3) is 0.400. The van der Waals surface area contributed by atoms with E-state index in [9.17, 15) is 9.59 Å². The first-order valence-electron chi connectivity index (χ1n) is 8.72. The van der Waals surface area contributed by atoms with Gasteiger partial charge in [0, 0.05) is 13.0 Å². The van der Waals surface area contributed by atoms with Crippen LogP contribution in [0.3, 0.4) is 0 Å². The molecule has 0 unspecified atom stereocenters. The maximum Gasteiger partial charge on any atom is 0.331 e. The van der Waals surface area contributed by atoms with Gasteiger partial charge >= 0.3 is 5.97 Å². The van der Waals surface area contributed by atoms with Crippen LogP contribution in [-0.4, -0.2) is 37.0 Å². The lowest BCUT2D eigenvalue weighted by Crippen LogP contribution is -2.38. The summed E-state index contributed by atoms with van der Waals surface area (Å²) in [5.74, 6) is 0.864. The Bertz CT molecular complexity index is 771. The smallest absolute Gasteiger partial charge is 0.331 e. The second-order valence-electron chi connectivity index (χ2n) is 6.33. The van der Waals surface area contributed by atoms with Gasteiger partial charge in [0.05, 0.1) is 7.11 Å². The monoisotopic (exact) mass is 341 g/mol. The highest BCUT2D eigenvalue weighted by Crippen LogP contribution is 2.25. The minimum absolute atomic E-state index is 0.00891. The minimum atomic E-state index is -0.406. The molecular weight excluding hydrogens is 318 g/mol. The lowest BCUT2D eigenvalue weighted by atomic mass is 10.1. The summed E-state index contributed by atoms with van der Waals surface area (Å²) in [5.41, 5.74) is 0. The summed E-state index contributed by atoms with van der Waals surface area (Å²) in [6, 6.07) is 11.2. The number of benzene rings is 2. The van der Waals surface area contributed by atoms with Crippen LogP contribution in [0.4, 0.5) is 0 Å². The average molecular weight is 341 g/mol. The molecule has 0 N–H and O–H groups in total. The molecule has 0 atom stereocenters. The van der Waals surface area contributed by atoms with Crippen molar-refractivity contribution in [2.75, 3.05) is 20.2 Å². The lowest BCUT2D eigenvalue weighted by Gasteiger charge is -2.23. The first-order valence-corrected chi connectivity index (χ1v) is 8.72. The number of nitrogens with zero attached hydrogens (tertiary/aromatic N) is 1. The molecule has 0 aliphatic carbocycles. The van der Waals surface area contributed by atoms with Gasteiger partial charge < -0.3 is 14.4 Å². The molecule has 5 heteroatoms. The fourth-order valence-corrected chi connectivity index (χ4v) is 3.10. The number of hydrogen-bond acceptors (Lipinski definition) is 4. The third-order valence-electron chi connectivity index (χ3n) is 4.49. The van der Waals surface area contributed by atoms with Crippen molar-refractivity contribution in [1.82, 2.24) is 4.90 Å². The topological polar surface area (TPSA) is 55.8 Å². The van der Waals surface area contributed by atoms with Gasteiger partial charge in [-0.3, -0.25) is 4.79 Å². The molecule has 0 spiro atoms. The van der Waals surface area contributed by atoms with Crippen LogP contribution in [0.25, 0.3) is 10.8 Å². The highest BCUT2D eigenvalue weighted by molar-refractivity contribution is 5.87. The third-order valence-corrected chi connectivity index (χ3v) is 4.49. The molecule has 1 amide bonds. The maximum atomic E-state index is 12.2. The van der Waals surface area contributed by atoms with Crippen molar-refractivity contribution in [3.63, 3.8) is 0 Å². The first kappa shape index (κ1) is 17.3. The summed E-state index contributed by atoms with van der Waals surface area (Å²) < 4.78 is 10.7. The summed E-state index contributed by atoms with van der Waals surface area (Å²) in [6.07, 6.45) is 4.55. The summed E-state index contributed by atoms with van der Waals surface area (Å²) in [6.45, 7) is 0.637. The van der Waals surface area contributed by atoms with Crippen LogP contribution in [0.5, 0.6) is 11.5 Å². The molecule has 0 aromatic heterocycles. The van der Waals surface area contributed by atoms with Gasteiger partial charge in [0.2, 0.25) is 5.91 Å². The Morgan fingerprint density at radius 1 is 1.00 bits per heavy atom. The van der Waals surface area contributed by atoms with Crippen molar-refractivity contribution in [3.05, 3.63) is 36.4 Å². The Balaban J connectivity index is 1.67. The summed E-state index contributed by atoms with van der Waals surface area (Å²) in [5, 5.41) is 1.98. The lowest BCUT2D eigenvalue weighted by molar-refractivity contribution is -0.143. The molecule has 25 heavy (non-hydrogen) atoms. The van der Waals surface area contributed by atoms with Crippen molar-refractivity contribution < 1.29 is 19.1 Å². The van der Waals surface area contributed by atoms with E-state index in [0.29, 0.717) is 18.7 Å². The molecule has 132 valence electrons. The van der Waals surface area contributed by atoms with Crippen LogP contribution in [0.2, 0.25) is 0 Å². The Kier molecular flexibility index (Phi) is 5.53. The SMILES string of the molecule is COc1ccc2ccc(OC(=O)CN3CCCCCCC3=O)cc2c1. The van der Waals surface area contributed by atoms with E-state index in [1.54, 1.807) is 18.1 Å². The molecule has 5 nitrogen and oxygen atoms in total. The summed E-state index contributed by atoms with van der Waals surface area (Å²) in [4.78, 5) is 26.0. The predicted octanol–water partition coefficient (Wildman–Crippen LogP) is 3.55. The molecule has 0 radical (unpaired) electrons. The van der Waals surface area contributed by atoms with Crippen LogP contribution in [0, 0.1) is 0 Å². The van der Waals surface area contributed by atoms with Crippen molar-refractivity contribution in [2.45, 2.75) is 32.1 Å². The zero-order chi connectivity index (χ0) is 17.6. The Morgan fingerprint density at radius 2 is 1.72 bits per heavy atom. The number of rotatable bonds is 4. The van der Waals surface area contributed by atoms with Crippen LogP contribution in [0.15, 0.2) is 36.4 Å². The second-order valence-corrected chi connectivity index (χ2v) is 6.33. The number of likely N-dealkylation sites (tertiary alicyclic amines) is 1. The molecule has 2 aromatic carbocycles. The maximum absolute atomic E-state index is 12.2. The minimum Gasteiger partial charge on any atom is -0.497 e. The van der Waals surface area contributed by atoms with Gasteiger partial charge in [-0.05, 0) is 47.9 Å². The molecular formula is C20H23NO4. The predicted molar refractivity (Wildman–Crippen MR) is 95.8 cm³/mol. The Morgan fingerprint density at radius 3 is 2.52 bits per heavy atom. The first-order chi connectivity index (χ1) is 12.2. The molecule has 1 aliphatic heterocycles. The Labute approximate surface area is 147 Å². The van der Waals surface area contributed by atoms with Crippen molar-refractivity contribution in [3.8, 4) is 11.5 Å². The van der Waals surface area contributed by atoms with E-state index in [1.165, 1.54) is 0 Å². The van der Waals surface area contributed by atoms with E-state index in [4.69, 9.17) is 9.47 Å². The number of hydrogen-bond donors (Lipinski definition) is 0. The molecule has 2 aromatic rings. The highest BCUT2D eigenvalue weighted by Gasteiger charge is 2.19. The zero-order valence-corrected chi connectivity index (χ0v) is 14.5. The van der Waals surface area contributed by atoms with E-state index >= 15 is 0 Å². The molecule has 0 saturated carbocycles. The van der Waals surface area contributed by atoms with Crippen LogP contribution >= 0.6 is 0 Å². The molecule has 1 aliphatic rings. The van der Waals surface area contributed by atoms with Gasteiger partial charge in [0.1, 0.15) is 18.0 Å². The van der Waals surface area contributed by atoms with Crippen LogP contribution in [-0.2, 0) is 9.59 Å². The number of carbonyl (C=O) groups is 2. The standard InChI is InChI=1S/C20H23NO4/c1-24-17-9-7-15-8-10-18(13-16(15)12-17)25-20(23)14-21-11-5-3-2-4-6-19(21)22/h7-10,12-13H,2-6,11,14H2,1H3. The molecule has 3 rings (SSSR count). The quantitative estimate of drug-likeness (QED) is 0.630. The van der Waals surface area contributed by atoms with Crippen molar-refractivity contribution in [1.29, 1.82) is 0 Å². The number of ether oxygens (including phenoxy) is 2. The van der Waals surface area contributed by atoms with Crippen molar-refractivity contribution in [2.24, 2.45) is 0 Å². The number of carbonyl (C=O) groups excluding carboxylic acids is 2. The average Bonchev–Trinajstić information content (AvgIpc) is 2.61. The van der Waals surface area contributed by atoms with Crippen LogP contribution < -0.4 is 9.47 Å². The van der Waals surface area contributed by atoms with Gasteiger partial charge in [-0.2, -0.15) is 0 Å². The molecule has 1 fully saturated rings. The van der Waals surface area contributed by atoms with Gasteiger partial charge in [-0.1, -0.05) is 25.0 Å². The van der Waals surface area contributed by atoms with Gasteiger partial charge in [0.25, 0.3) is 0 Å². The van der Waals surface area contributed by atoms with E-state index < -0.39 is 5.97 Å². The zero-order valence-electron chi connectivity index (χ0n) is 14.5. The molecule has 1 heterocycles. The van der Waals surface area contributed by atoms with E-state index in [1.807, 2.05) is 30.3 Å². The fourth-order valence-electron chi connectivity index (χ4n) is 3.10. The molecule has 0 bridgehead atoms. The van der Waals surface area contributed by atoms with Gasteiger partial charge in [0.15, 0.2) is 0 Å². The van der Waals surface area contributed by atoms with E-state index in [2.05, 4.69) is 0 Å². The van der Waals surface area contributed by atoms with Gasteiger partial charge in [-0.15, -0.1) is 0 Å². The van der Waals surface area contributed by atoms with Crippen LogP contribution in [0.1, 0.15) is 32.1 Å². The Hall–Kier alpha value is -2.56. The largest absolute Gasteiger partial charge is 0.497 e. The second kappa shape index (κ2) is 8.01. The van der Waals surface area contributed by atoms with Crippen molar-refractivity contribution >= 4 is 22.6 Å². The van der Waals surface area contributed by atoms with Gasteiger partial charge in [-0.25, -0.2) is 4.79 Å². The number of amides is 1. The molecule has 1 saturated heterocycles. The third kappa shape index (κ3) is 4.50. The normalized spacial score (nSPS) is 15.6.